The zero-order valence-corrected chi connectivity index (χ0v) is 14.6. The van der Waals surface area contributed by atoms with Crippen molar-refractivity contribution in [3.05, 3.63) is 0 Å². The van der Waals surface area contributed by atoms with E-state index in [1.165, 1.54) is 0 Å². The molecule has 0 radical (unpaired) electrons. The van der Waals surface area contributed by atoms with Crippen LogP contribution in [0.4, 0.5) is 0 Å². The zero-order valence-electron chi connectivity index (χ0n) is 13.8. The first kappa shape index (κ1) is 23.0. The Morgan fingerprint density at radius 2 is 1.56 bits per heavy atom. The Kier molecular flexibility index (Phi) is 7.33. The molecule has 2 saturated heterocycles. The van der Waals surface area contributed by atoms with E-state index >= 15 is 0 Å². The number of rotatable bonds is 7. The van der Waals surface area contributed by atoms with Crippen LogP contribution in [0.2, 0.25) is 0 Å². The Morgan fingerprint density at radius 3 is 2.07 bits per heavy atom. The number of aliphatic hydroxyl groups is 7. The molecule has 9 atom stereocenters. The monoisotopic (exact) mass is 422 g/mol. The fraction of sp³-hybridized carbons (Fsp3) is 1.00. The summed E-state index contributed by atoms with van der Waals surface area (Å²) in [6.45, 7) is -2.74. The Bertz CT molecular complexity index is 540. The molecule has 15 heteroatoms. The van der Waals surface area contributed by atoms with Crippen LogP contribution in [-0.4, -0.2) is 120 Å². The Hall–Kier alpha value is -0.290. The molecule has 0 bridgehead atoms. The fourth-order valence-electron chi connectivity index (χ4n) is 2.79. The summed E-state index contributed by atoms with van der Waals surface area (Å²) in [5.74, 6) is -2.42. The smallest absolute Gasteiger partial charge is 0.394 e. The van der Waals surface area contributed by atoms with Gasteiger partial charge in [0.15, 0.2) is 6.29 Å². The third-order valence-electron chi connectivity index (χ3n) is 4.30. The van der Waals surface area contributed by atoms with Crippen LogP contribution < -0.4 is 0 Å². The van der Waals surface area contributed by atoms with Gasteiger partial charge in [0, 0.05) is 0 Å². The molecule has 0 saturated carbocycles. The molecule has 0 unspecified atom stereocenters. The minimum absolute atomic E-state index is 0.762. The van der Waals surface area contributed by atoms with E-state index in [9.17, 15) is 35.2 Å². The average Bonchev–Trinajstić information content (AvgIpc) is 2.85. The molecule has 2 aliphatic heterocycles. The topological polar surface area (TPSA) is 236 Å². The van der Waals surface area contributed by atoms with E-state index < -0.39 is 82.4 Å². The van der Waals surface area contributed by atoms with Crippen LogP contribution in [0.3, 0.4) is 0 Å². The van der Waals surface area contributed by atoms with Gasteiger partial charge in [0.25, 0.3) is 0 Å². The van der Waals surface area contributed by atoms with Crippen molar-refractivity contribution in [1.82, 2.24) is 0 Å². The molecule has 0 aromatic heterocycles. The molecule has 0 aliphatic carbocycles. The second-order valence-corrected chi connectivity index (χ2v) is 7.40. The largest absolute Gasteiger partial charge is 0.469 e. The summed E-state index contributed by atoms with van der Waals surface area (Å²) in [6, 6.07) is 0. The van der Waals surface area contributed by atoms with Gasteiger partial charge in [-0.05, 0) is 0 Å². The molecule has 160 valence electrons. The molecule has 2 rings (SSSR count). The first-order valence-corrected chi connectivity index (χ1v) is 9.32. The zero-order chi connectivity index (χ0) is 20.6. The molecule has 0 spiro atoms. The molecule has 0 aromatic carbocycles. The van der Waals surface area contributed by atoms with E-state index in [4.69, 9.17) is 29.1 Å². The van der Waals surface area contributed by atoms with Gasteiger partial charge in [-0.3, -0.25) is 4.52 Å². The van der Waals surface area contributed by atoms with Crippen LogP contribution in [0.5, 0.6) is 0 Å². The van der Waals surface area contributed by atoms with Crippen molar-refractivity contribution in [2.45, 2.75) is 54.8 Å². The van der Waals surface area contributed by atoms with E-state index in [2.05, 4.69) is 4.52 Å². The predicted octanol–water partition coefficient (Wildman–Crippen LogP) is -5.28. The predicted molar refractivity (Wildman–Crippen MR) is 79.6 cm³/mol. The molecule has 0 amide bonds. The quantitative estimate of drug-likeness (QED) is 0.174. The van der Waals surface area contributed by atoms with Crippen molar-refractivity contribution in [1.29, 1.82) is 0 Å². The van der Waals surface area contributed by atoms with Gasteiger partial charge in [-0.1, -0.05) is 0 Å². The number of hydrogen-bond donors (Lipinski definition) is 9. The van der Waals surface area contributed by atoms with Crippen LogP contribution in [0.15, 0.2) is 0 Å². The van der Waals surface area contributed by atoms with Gasteiger partial charge in [-0.25, -0.2) is 4.57 Å². The van der Waals surface area contributed by atoms with E-state index in [0.717, 1.165) is 0 Å². The summed E-state index contributed by atoms with van der Waals surface area (Å²) in [7, 11) is -4.92. The van der Waals surface area contributed by atoms with E-state index in [0.29, 0.717) is 0 Å². The highest BCUT2D eigenvalue weighted by Gasteiger charge is 2.58. The molecule has 2 fully saturated rings. The van der Waals surface area contributed by atoms with Gasteiger partial charge in [-0.2, -0.15) is 0 Å². The summed E-state index contributed by atoms with van der Waals surface area (Å²) in [6.07, 6.45) is -13.9. The molecule has 27 heavy (non-hydrogen) atoms. The Balaban J connectivity index is 2.15. The van der Waals surface area contributed by atoms with E-state index in [1.54, 1.807) is 0 Å². The fourth-order valence-corrected chi connectivity index (χ4v) is 3.13. The summed E-state index contributed by atoms with van der Waals surface area (Å²) >= 11 is 0. The van der Waals surface area contributed by atoms with Gasteiger partial charge in [0.05, 0.1) is 13.2 Å². The summed E-state index contributed by atoms with van der Waals surface area (Å²) in [4.78, 5) is 17.4. The standard InChI is InChI=1S/C12H23O14P/c13-1-4-6(15)8(17)9(18)11(24-4)26-12(3-14)10(19)7(16)5(25-12)2-23-27(20,21)22/h4-11,13-19H,1-3H2,(H2,20,21,22)/t4-,5-,6-,7+,8+,9-,10+,11+,12+/m0/s1. The van der Waals surface area contributed by atoms with Crippen molar-refractivity contribution in [3.8, 4) is 0 Å². The van der Waals surface area contributed by atoms with Crippen molar-refractivity contribution >= 4 is 7.82 Å². The SMILES string of the molecule is O=P(O)(O)OC[C@@H]1O[C@](CO)(O[C@H]2O[C@@H](CO)[C@H](O)[C@@H](O)[C@@H]2O)[C@H](O)[C@@H]1O. The maximum Gasteiger partial charge on any atom is 0.469 e. The number of hydrogen-bond acceptors (Lipinski definition) is 12. The van der Waals surface area contributed by atoms with Crippen LogP contribution >= 0.6 is 7.82 Å². The van der Waals surface area contributed by atoms with Gasteiger partial charge < -0.3 is 59.7 Å². The van der Waals surface area contributed by atoms with Gasteiger partial charge in [0.1, 0.15) is 49.3 Å². The molecule has 14 nitrogen and oxygen atoms in total. The van der Waals surface area contributed by atoms with Crippen LogP contribution in [0.25, 0.3) is 0 Å². The molecular weight excluding hydrogens is 399 g/mol. The minimum Gasteiger partial charge on any atom is -0.394 e. The molecule has 2 heterocycles. The van der Waals surface area contributed by atoms with Crippen molar-refractivity contribution in [3.63, 3.8) is 0 Å². The lowest BCUT2D eigenvalue weighted by molar-refractivity contribution is -0.383. The van der Waals surface area contributed by atoms with E-state index in [-0.39, 0.29) is 0 Å². The van der Waals surface area contributed by atoms with Crippen LogP contribution in [0.1, 0.15) is 0 Å². The second-order valence-electron chi connectivity index (χ2n) is 6.16. The first-order chi connectivity index (χ1) is 12.5. The maximum absolute atomic E-state index is 10.8. The first-order valence-electron chi connectivity index (χ1n) is 7.79. The maximum atomic E-state index is 10.8. The highest BCUT2D eigenvalue weighted by molar-refractivity contribution is 7.46. The Morgan fingerprint density at radius 1 is 0.926 bits per heavy atom. The van der Waals surface area contributed by atoms with E-state index in [1.807, 2.05) is 0 Å². The van der Waals surface area contributed by atoms with Crippen molar-refractivity contribution in [2.24, 2.45) is 0 Å². The third kappa shape index (κ3) is 4.83. The van der Waals surface area contributed by atoms with Gasteiger partial charge in [-0.15, -0.1) is 0 Å². The highest BCUT2D eigenvalue weighted by Crippen LogP contribution is 2.40. The van der Waals surface area contributed by atoms with Crippen LogP contribution in [-0.2, 0) is 23.3 Å². The van der Waals surface area contributed by atoms with Gasteiger partial charge >= 0.3 is 7.82 Å². The van der Waals surface area contributed by atoms with Crippen molar-refractivity contribution < 1.29 is 68.8 Å². The molecule has 0 aromatic rings. The number of ether oxygens (including phenoxy) is 3. The van der Waals surface area contributed by atoms with Crippen LogP contribution in [0, 0.1) is 0 Å². The summed E-state index contributed by atoms with van der Waals surface area (Å²) < 4.78 is 30.4. The second kappa shape index (κ2) is 8.61. The summed E-state index contributed by atoms with van der Waals surface area (Å²) in [5.41, 5.74) is 0. The van der Waals surface area contributed by atoms with Crippen molar-refractivity contribution in [2.75, 3.05) is 19.8 Å². The molecule has 9 N–H and O–H groups in total. The normalized spacial score (nSPS) is 46.0. The third-order valence-corrected chi connectivity index (χ3v) is 4.78. The average molecular weight is 422 g/mol. The summed E-state index contributed by atoms with van der Waals surface area (Å²) in [5, 5.41) is 68.3. The molecular formula is C12H23O14P. The highest BCUT2D eigenvalue weighted by atomic mass is 31.2. The minimum atomic E-state index is -4.92. The lowest BCUT2D eigenvalue weighted by Gasteiger charge is -2.43. The lowest BCUT2D eigenvalue weighted by Crippen LogP contribution is -2.62. The number of phosphoric acid groups is 1. The number of aliphatic hydroxyl groups excluding tert-OH is 7. The lowest BCUT2D eigenvalue weighted by atomic mass is 9.99. The Labute approximate surface area is 152 Å². The van der Waals surface area contributed by atoms with Gasteiger partial charge in [0.2, 0.25) is 5.79 Å². The molecule has 2 aliphatic rings. The number of phosphoric ester groups is 1.